The summed E-state index contributed by atoms with van der Waals surface area (Å²) in [7, 11) is 0. The molecular weight excluding hydrogens is 309 g/mol. The molecule has 0 amide bonds. The number of imidazole rings is 1. The fraction of sp³-hybridized carbons (Fsp3) is 0.0588. The van der Waals surface area contributed by atoms with Crippen molar-refractivity contribution < 1.29 is 8.91 Å². The van der Waals surface area contributed by atoms with E-state index in [4.69, 9.17) is 4.52 Å². The van der Waals surface area contributed by atoms with Gasteiger partial charge in [0.2, 0.25) is 5.95 Å². The van der Waals surface area contributed by atoms with Crippen molar-refractivity contribution in [2.75, 3.05) is 0 Å². The Kier molecular flexibility index (Phi) is 3.38. The van der Waals surface area contributed by atoms with Crippen molar-refractivity contribution in [2.45, 2.75) is 6.92 Å². The van der Waals surface area contributed by atoms with Gasteiger partial charge in [-0.2, -0.15) is 9.37 Å². The average molecular weight is 321 g/mol. The molecule has 0 aliphatic carbocycles. The highest BCUT2D eigenvalue weighted by Gasteiger charge is 2.10. The molecule has 0 bridgehead atoms. The van der Waals surface area contributed by atoms with Gasteiger partial charge in [-0.15, -0.1) is 0 Å². The highest BCUT2D eigenvalue weighted by atomic mass is 19.1. The van der Waals surface area contributed by atoms with Crippen molar-refractivity contribution in [3.05, 3.63) is 66.9 Å². The second-order valence-corrected chi connectivity index (χ2v) is 5.23. The number of aryl methyl sites for hydroxylation is 1. The lowest BCUT2D eigenvalue weighted by molar-refractivity contribution is 0.424. The van der Waals surface area contributed by atoms with E-state index in [2.05, 4.69) is 20.1 Å². The van der Waals surface area contributed by atoms with Gasteiger partial charge in [-0.1, -0.05) is 17.3 Å². The van der Waals surface area contributed by atoms with E-state index < -0.39 is 5.95 Å². The van der Waals surface area contributed by atoms with E-state index in [0.717, 1.165) is 16.8 Å². The van der Waals surface area contributed by atoms with Gasteiger partial charge in [0.05, 0.1) is 0 Å². The third-order valence-corrected chi connectivity index (χ3v) is 3.53. The van der Waals surface area contributed by atoms with Crippen LogP contribution in [0.15, 0.2) is 59.6 Å². The predicted molar refractivity (Wildman–Crippen MR) is 84.8 cm³/mol. The topological polar surface area (TPSA) is 69.6 Å². The van der Waals surface area contributed by atoms with Crippen LogP contribution in [0.3, 0.4) is 0 Å². The van der Waals surface area contributed by atoms with Crippen LogP contribution >= 0.6 is 0 Å². The third-order valence-electron chi connectivity index (χ3n) is 3.53. The smallest absolute Gasteiger partial charge is 0.278 e. The molecule has 3 heterocycles. The Hall–Kier alpha value is -3.35. The molecule has 6 nitrogen and oxygen atoms in total. The molecule has 0 saturated carbocycles. The molecule has 4 rings (SSSR count). The molecule has 24 heavy (non-hydrogen) atoms. The molecule has 0 spiro atoms. The van der Waals surface area contributed by atoms with Gasteiger partial charge in [0.1, 0.15) is 12.0 Å². The van der Waals surface area contributed by atoms with Gasteiger partial charge in [-0.25, -0.2) is 9.97 Å². The van der Waals surface area contributed by atoms with Gasteiger partial charge >= 0.3 is 0 Å². The van der Waals surface area contributed by atoms with E-state index >= 15 is 0 Å². The van der Waals surface area contributed by atoms with Crippen LogP contribution < -0.4 is 0 Å². The number of benzene rings is 1. The van der Waals surface area contributed by atoms with Gasteiger partial charge < -0.3 is 9.09 Å². The van der Waals surface area contributed by atoms with Gasteiger partial charge in [0.15, 0.2) is 5.82 Å². The van der Waals surface area contributed by atoms with Crippen LogP contribution in [0.2, 0.25) is 0 Å². The molecule has 4 aromatic rings. The monoisotopic (exact) mass is 321 g/mol. The first-order valence-electron chi connectivity index (χ1n) is 7.26. The Bertz CT molecular complexity index is 990. The predicted octanol–water partition coefficient (Wildman–Crippen LogP) is 3.43. The first-order chi connectivity index (χ1) is 11.7. The number of pyridine rings is 1. The Morgan fingerprint density at radius 3 is 2.75 bits per heavy atom. The van der Waals surface area contributed by atoms with Crippen molar-refractivity contribution in [3.63, 3.8) is 0 Å². The molecule has 0 aliphatic rings. The fourth-order valence-corrected chi connectivity index (χ4v) is 2.37. The second-order valence-electron chi connectivity index (χ2n) is 5.23. The van der Waals surface area contributed by atoms with E-state index in [9.17, 15) is 4.39 Å². The van der Waals surface area contributed by atoms with E-state index in [1.54, 1.807) is 19.3 Å². The van der Waals surface area contributed by atoms with Crippen molar-refractivity contribution >= 4 is 0 Å². The second kappa shape index (κ2) is 5.69. The summed E-state index contributed by atoms with van der Waals surface area (Å²) in [5.41, 5.74) is 3.28. The number of hydrogen-bond acceptors (Lipinski definition) is 5. The molecular formula is C17H12FN5O. The van der Waals surface area contributed by atoms with Crippen molar-refractivity contribution in [2.24, 2.45) is 0 Å². The van der Waals surface area contributed by atoms with Crippen LogP contribution in [0.5, 0.6) is 0 Å². The van der Waals surface area contributed by atoms with Crippen LogP contribution in [0.25, 0.3) is 28.4 Å². The molecule has 1 aromatic carbocycles. The maximum Gasteiger partial charge on any atom is 0.278 e. The summed E-state index contributed by atoms with van der Waals surface area (Å²) in [6.45, 7) is 1.75. The van der Waals surface area contributed by atoms with Crippen molar-refractivity contribution in [1.29, 1.82) is 0 Å². The van der Waals surface area contributed by atoms with Crippen LogP contribution in [0, 0.1) is 12.9 Å². The van der Waals surface area contributed by atoms with Gasteiger partial charge in [-0.3, -0.25) is 0 Å². The van der Waals surface area contributed by atoms with Crippen molar-refractivity contribution in [1.82, 2.24) is 24.7 Å². The summed E-state index contributed by atoms with van der Waals surface area (Å²) in [6.07, 6.45) is 5.00. The van der Waals surface area contributed by atoms with Gasteiger partial charge in [-0.05, 0) is 36.8 Å². The highest BCUT2D eigenvalue weighted by molar-refractivity contribution is 5.65. The lowest BCUT2D eigenvalue weighted by Gasteiger charge is -2.06. The zero-order valence-corrected chi connectivity index (χ0v) is 12.7. The summed E-state index contributed by atoms with van der Waals surface area (Å²) < 4.78 is 19.9. The largest absolute Gasteiger partial charge is 0.332 e. The first-order valence-corrected chi connectivity index (χ1v) is 7.26. The normalized spacial score (nSPS) is 10.9. The van der Waals surface area contributed by atoms with Crippen molar-refractivity contribution in [3.8, 4) is 28.4 Å². The summed E-state index contributed by atoms with van der Waals surface area (Å²) in [5.74, 6) is 0.444. The van der Waals surface area contributed by atoms with E-state index in [1.165, 1.54) is 12.3 Å². The SMILES string of the molecule is Cc1noc(-c2cn(-c3cccc(-c4ccc(F)nc4)c3)cn2)n1. The Morgan fingerprint density at radius 1 is 1.08 bits per heavy atom. The summed E-state index contributed by atoms with van der Waals surface area (Å²) in [6, 6.07) is 10.8. The number of nitrogens with zero attached hydrogens (tertiary/aromatic N) is 5. The third kappa shape index (κ3) is 2.67. The Labute approximate surface area is 136 Å². The molecule has 3 aromatic heterocycles. The van der Waals surface area contributed by atoms with Crippen LogP contribution in [0.1, 0.15) is 5.82 Å². The maximum atomic E-state index is 13.0. The van der Waals surface area contributed by atoms with Crippen LogP contribution in [-0.4, -0.2) is 24.7 Å². The van der Waals surface area contributed by atoms with Gasteiger partial charge in [0.25, 0.3) is 5.89 Å². The molecule has 118 valence electrons. The molecule has 0 unspecified atom stereocenters. The number of aromatic nitrogens is 5. The summed E-state index contributed by atoms with van der Waals surface area (Å²) in [5, 5.41) is 3.76. The molecule has 0 saturated heterocycles. The number of hydrogen-bond donors (Lipinski definition) is 0. The zero-order valence-electron chi connectivity index (χ0n) is 12.7. The van der Waals surface area contributed by atoms with Crippen LogP contribution in [0.4, 0.5) is 4.39 Å². The van der Waals surface area contributed by atoms with Gasteiger partial charge in [0, 0.05) is 23.6 Å². The standard InChI is InChI=1S/C17H12FN5O/c1-11-21-17(24-22-11)15-9-23(10-20-15)14-4-2-3-12(7-14)13-5-6-16(18)19-8-13/h2-10H,1H3. The Balaban J connectivity index is 1.69. The minimum atomic E-state index is -0.496. The first kappa shape index (κ1) is 14.3. The zero-order chi connectivity index (χ0) is 16.5. The quantitative estimate of drug-likeness (QED) is 0.541. The lowest BCUT2D eigenvalue weighted by atomic mass is 10.1. The molecule has 0 fully saturated rings. The molecule has 7 heteroatoms. The van der Waals surface area contributed by atoms with E-state index in [1.807, 2.05) is 35.0 Å². The maximum absolute atomic E-state index is 13.0. The Morgan fingerprint density at radius 2 is 2.00 bits per heavy atom. The molecule has 0 aliphatic heterocycles. The molecule has 0 N–H and O–H groups in total. The van der Waals surface area contributed by atoms with E-state index in [-0.39, 0.29) is 0 Å². The number of rotatable bonds is 3. The average Bonchev–Trinajstić information content (AvgIpc) is 3.24. The summed E-state index contributed by atoms with van der Waals surface area (Å²) >= 11 is 0. The molecule has 0 radical (unpaired) electrons. The van der Waals surface area contributed by atoms with Crippen LogP contribution in [-0.2, 0) is 0 Å². The highest BCUT2D eigenvalue weighted by Crippen LogP contribution is 2.23. The minimum absolute atomic E-state index is 0.380. The van der Waals surface area contributed by atoms with E-state index in [0.29, 0.717) is 17.4 Å². The minimum Gasteiger partial charge on any atom is -0.332 e. The lowest BCUT2D eigenvalue weighted by Crippen LogP contribution is -1.91. The fourth-order valence-electron chi connectivity index (χ4n) is 2.37. The number of halogens is 1. The molecule has 0 atom stereocenters. The summed E-state index contributed by atoms with van der Waals surface area (Å²) in [4.78, 5) is 12.1.